The predicted octanol–water partition coefficient (Wildman–Crippen LogP) is 4.08. The highest BCUT2D eigenvalue weighted by Gasteiger charge is 2.15. The highest BCUT2D eigenvalue weighted by Crippen LogP contribution is 2.34. The molecule has 6 heteroatoms. The largest absolute Gasteiger partial charge is 0.495 e. The van der Waals surface area contributed by atoms with Gasteiger partial charge in [0.25, 0.3) is 0 Å². The summed E-state index contributed by atoms with van der Waals surface area (Å²) in [7, 11) is -1.73. The molecule has 0 aliphatic carbocycles. The second kappa shape index (κ2) is 6.26. The molecule has 0 saturated heterocycles. The molecule has 0 spiro atoms. The Morgan fingerprint density at radius 3 is 2.33 bits per heavy atom. The van der Waals surface area contributed by atoms with Gasteiger partial charge in [-0.3, -0.25) is 0 Å². The Kier molecular flexibility index (Phi) is 4.81. The van der Waals surface area contributed by atoms with E-state index < -0.39 is 15.2 Å². The van der Waals surface area contributed by atoms with Gasteiger partial charge in [0.15, 0.2) is 9.84 Å². The molecule has 2 rings (SSSR count). The van der Waals surface area contributed by atoms with Crippen molar-refractivity contribution in [3.05, 3.63) is 58.6 Å². The number of sulfone groups is 1. The van der Waals surface area contributed by atoms with Crippen molar-refractivity contribution < 1.29 is 13.2 Å². The lowest BCUT2D eigenvalue weighted by Gasteiger charge is -2.13. The zero-order valence-electron chi connectivity index (χ0n) is 11.5. The molecule has 0 aromatic heterocycles. The van der Waals surface area contributed by atoms with E-state index in [0.717, 1.165) is 5.56 Å². The Labute approximate surface area is 134 Å². The van der Waals surface area contributed by atoms with Crippen LogP contribution in [0.1, 0.15) is 16.5 Å². The summed E-state index contributed by atoms with van der Waals surface area (Å²) < 4.78 is 28.3. The van der Waals surface area contributed by atoms with E-state index in [1.807, 2.05) is 0 Å². The van der Waals surface area contributed by atoms with Crippen LogP contribution in [-0.4, -0.2) is 21.8 Å². The number of halogens is 2. The molecule has 0 bridgehead atoms. The van der Waals surface area contributed by atoms with Gasteiger partial charge in [0, 0.05) is 6.26 Å². The molecule has 1 unspecified atom stereocenters. The summed E-state index contributed by atoms with van der Waals surface area (Å²) in [6.45, 7) is 0. The average molecular weight is 345 g/mol. The summed E-state index contributed by atoms with van der Waals surface area (Å²) in [6, 6.07) is 11.8. The van der Waals surface area contributed by atoms with Crippen molar-refractivity contribution >= 4 is 33.0 Å². The summed E-state index contributed by atoms with van der Waals surface area (Å²) in [4.78, 5) is 0.241. The van der Waals surface area contributed by atoms with Gasteiger partial charge in [-0.25, -0.2) is 8.42 Å². The minimum absolute atomic E-state index is 0.241. The van der Waals surface area contributed by atoms with Crippen LogP contribution in [0.2, 0.25) is 5.02 Å². The Morgan fingerprint density at radius 2 is 1.76 bits per heavy atom. The number of alkyl halides is 1. The maximum absolute atomic E-state index is 11.6. The van der Waals surface area contributed by atoms with Crippen molar-refractivity contribution in [3.63, 3.8) is 0 Å². The van der Waals surface area contributed by atoms with E-state index in [1.165, 1.54) is 13.4 Å². The number of methoxy groups -OCH3 is 1. The van der Waals surface area contributed by atoms with Gasteiger partial charge < -0.3 is 4.74 Å². The van der Waals surface area contributed by atoms with Crippen molar-refractivity contribution in [2.45, 2.75) is 10.3 Å². The number of hydrogen-bond donors (Lipinski definition) is 0. The predicted molar refractivity (Wildman–Crippen MR) is 85.3 cm³/mol. The first-order valence-corrected chi connectivity index (χ1v) is 8.81. The molecular formula is C15H14Cl2O3S. The van der Waals surface area contributed by atoms with Crippen LogP contribution in [0.3, 0.4) is 0 Å². The fourth-order valence-electron chi connectivity index (χ4n) is 1.94. The van der Waals surface area contributed by atoms with Crippen molar-refractivity contribution in [2.24, 2.45) is 0 Å². The molecule has 0 aliphatic heterocycles. The zero-order valence-corrected chi connectivity index (χ0v) is 13.8. The number of benzene rings is 2. The Morgan fingerprint density at radius 1 is 1.10 bits per heavy atom. The maximum atomic E-state index is 11.6. The number of hydrogen-bond acceptors (Lipinski definition) is 3. The first-order chi connectivity index (χ1) is 9.82. The van der Waals surface area contributed by atoms with Gasteiger partial charge in [-0.15, -0.1) is 11.6 Å². The molecule has 1 atom stereocenters. The fourth-order valence-corrected chi connectivity index (χ4v) is 3.15. The summed E-state index contributed by atoms with van der Waals surface area (Å²) in [5.74, 6) is 0.564. The van der Waals surface area contributed by atoms with Crippen LogP contribution < -0.4 is 4.74 Å². The summed E-state index contributed by atoms with van der Waals surface area (Å²) in [5, 5.41) is -0.0324. The molecule has 2 aromatic carbocycles. The molecule has 21 heavy (non-hydrogen) atoms. The molecule has 0 amide bonds. The monoisotopic (exact) mass is 344 g/mol. The topological polar surface area (TPSA) is 43.4 Å². The van der Waals surface area contributed by atoms with Crippen molar-refractivity contribution in [3.8, 4) is 5.75 Å². The quantitative estimate of drug-likeness (QED) is 0.785. The molecule has 0 radical (unpaired) electrons. The summed E-state index contributed by atoms with van der Waals surface area (Å²) in [6.07, 6.45) is 1.17. The molecule has 0 heterocycles. The standard InChI is InChI=1S/C15H14Cl2O3S/c1-20-14-7-6-11(9-13(14)16)15(17)10-4-3-5-12(8-10)21(2,18)19/h3-9,15H,1-2H3. The van der Waals surface area contributed by atoms with Gasteiger partial charge in [0.1, 0.15) is 5.75 Å². The molecular weight excluding hydrogens is 331 g/mol. The minimum atomic E-state index is -3.26. The summed E-state index contributed by atoms with van der Waals surface area (Å²) >= 11 is 12.5. The first-order valence-electron chi connectivity index (χ1n) is 6.10. The molecule has 0 aliphatic rings. The van der Waals surface area contributed by atoms with Gasteiger partial charge >= 0.3 is 0 Å². The van der Waals surface area contributed by atoms with E-state index in [9.17, 15) is 8.42 Å². The lowest BCUT2D eigenvalue weighted by atomic mass is 10.0. The van der Waals surface area contributed by atoms with Crippen LogP contribution >= 0.6 is 23.2 Å². The Hall–Kier alpha value is -1.23. The minimum Gasteiger partial charge on any atom is -0.495 e. The molecule has 0 N–H and O–H groups in total. The SMILES string of the molecule is COc1ccc(C(Cl)c2cccc(S(C)(=O)=O)c2)cc1Cl. The second-order valence-electron chi connectivity index (χ2n) is 4.60. The third kappa shape index (κ3) is 3.70. The molecule has 112 valence electrons. The van der Waals surface area contributed by atoms with E-state index in [0.29, 0.717) is 16.3 Å². The number of rotatable bonds is 4. The van der Waals surface area contributed by atoms with Gasteiger partial charge in [-0.1, -0.05) is 29.8 Å². The van der Waals surface area contributed by atoms with Crippen LogP contribution in [0.15, 0.2) is 47.4 Å². The highest BCUT2D eigenvalue weighted by atomic mass is 35.5. The van der Waals surface area contributed by atoms with Crippen molar-refractivity contribution in [1.29, 1.82) is 0 Å². The molecule has 0 fully saturated rings. The van der Waals surface area contributed by atoms with E-state index in [2.05, 4.69) is 0 Å². The molecule has 0 saturated carbocycles. The normalized spacial score (nSPS) is 13.0. The van der Waals surface area contributed by atoms with E-state index in [4.69, 9.17) is 27.9 Å². The average Bonchev–Trinajstić information content (AvgIpc) is 2.45. The Bertz CT molecular complexity index is 757. The van der Waals surface area contributed by atoms with Crippen molar-refractivity contribution in [1.82, 2.24) is 0 Å². The van der Waals surface area contributed by atoms with E-state index in [-0.39, 0.29) is 4.90 Å². The van der Waals surface area contributed by atoms with Gasteiger partial charge in [-0.2, -0.15) is 0 Å². The molecule has 3 nitrogen and oxygen atoms in total. The highest BCUT2D eigenvalue weighted by molar-refractivity contribution is 7.90. The van der Waals surface area contributed by atoms with Crippen LogP contribution in [0, 0.1) is 0 Å². The first kappa shape index (κ1) is 16.1. The van der Waals surface area contributed by atoms with Crippen LogP contribution in [0.25, 0.3) is 0 Å². The van der Waals surface area contributed by atoms with Gasteiger partial charge in [0.05, 0.1) is 22.4 Å². The van der Waals surface area contributed by atoms with E-state index in [1.54, 1.807) is 42.5 Å². The third-order valence-corrected chi connectivity index (χ3v) is 4.96. The van der Waals surface area contributed by atoms with Gasteiger partial charge in [-0.05, 0) is 35.4 Å². The zero-order chi connectivity index (χ0) is 15.6. The lowest BCUT2D eigenvalue weighted by molar-refractivity contribution is 0.415. The smallest absolute Gasteiger partial charge is 0.175 e. The molecule has 2 aromatic rings. The van der Waals surface area contributed by atoms with Crippen molar-refractivity contribution in [2.75, 3.05) is 13.4 Å². The van der Waals surface area contributed by atoms with E-state index >= 15 is 0 Å². The number of ether oxygens (including phenoxy) is 1. The lowest BCUT2D eigenvalue weighted by Crippen LogP contribution is -2.00. The van der Waals surface area contributed by atoms with Crippen LogP contribution in [0.4, 0.5) is 0 Å². The summed E-state index contributed by atoms with van der Waals surface area (Å²) in [5.41, 5.74) is 1.47. The van der Waals surface area contributed by atoms with Crippen LogP contribution in [0.5, 0.6) is 5.75 Å². The van der Waals surface area contributed by atoms with Crippen LogP contribution in [-0.2, 0) is 9.84 Å². The fraction of sp³-hybridized carbons (Fsp3) is 0.200. The second-order valence-corrected chi connectivity index (χ2v) is 7.46. The Balaban J connectivity index is 2.40. The van der Waals surface area contributed by atoms with Gasteiger partial charge in [0.2, 0.25) is 0 Å². The third-order valence-electron chi connectivity index (χ3n) is 3.05. The maximum Gasteiger partial charge on any atom is 0.175 e.